The van der Waals surface area contributed by atoms with Gasteiger partial charge in [-0.15, -0.1) is 0 Å². The summed E-state index contributed by atoms with van der Waals surface area (Å²) in [6, 6.07) is 2.50. The number of aryl methyl sites for hydroxylation is 1. The Kier molecular flexibility index (Phi) is 5.10. The summed E-state index contributed by atoms with van der Waals surface area (Å²) in [7, 11) is 0. The van der Waals surface area contributed by atoms with Crippen LogP contribution in [0.2, 0.25) is 0 Å². The molecule has 1 N–H and O–H groups in total. The van der Waals surface area contributed by atoms with E-state index in [4.69, 9.17) is 0 Å². The minimum atomic E-state index is 0.125. The van der Waals surface area contributed by atoms with Gasteiger partial charge in [0.25, 0.3) is 0 Å². The van der Waals surface area contributed by atoms with E-state index >= 15 is 0 Å². The van der Waals surface area contributed by atoms with Crippen LogP contribution >= 0.6 is 11.3 Å². The maximum atomic E-state index is 12.2. The highest BCUT2D eigenvalue weighted by atomic mass is 32.1. The van der Waals surface area contributed by atoms with E-state index in [1.54, 1.807) is 11.3 Å². The third-order valence-corrected chi connectivity index (χ3v) is 4.97. The Labute approximate surface area is 135 Å². The standard InChI is InChI=1S/C16H23N3O2S/c20-15(17-14-2-3-14)11-18-6-8-19(9-7-18)16(21)4-1-13-5-10-22-12-13/h5,10,12,14H,1-4,6-9,11H2,(H,17,20). The van der Waals surface area contributed by atoms with Crippen LogP contribution in [-0.2, 0) is 16.0 Å². The zero-order valence-corrected chi connectivity index (χ0v) is 13.6. The minimum Gasteiger partial charge on any atom is -0.352 e. The molecule has 1 aliphatic heterocycles. The molecule has 0 atom stereocenters. The summed E-state index contributed by atoms with van der Waals surface area (Å²) >= 11 is 1.67. The van der Waals surface area contributed by atoms with Gasteiger partial charge in [0.2, 0.25) is 11.8 Å². The lowest BCUT2D eigenvalue weighted by molar-refractivity contribution is -0.133. The van der Waals surface area contributed by atoms with E-state index < -0.39 is 0 Å². The van der Waals surface area contributed by atoms with Crippen LogP contribution in [0.15, 0.2) is 16.8 Å². The van der Waals surface area contributed by atoms with Crippen LogP contribution in [0.25, 0.3) is 0 Å². The van der Waals surface area contributed by atoms with E-state index in [1.807, 2.05) is 10.3 Å². The molecule has 0 unspecified atom stereocenters. The quantitative estimate of drug-likeness (QED) is 0.854. The van der Waals surface area contributed by atoms with Gasteiger partial charge >= 0.3 is 0 Å². The van der Waals surface area contributed by atoms with E-state index in [-0.39, 0.29) is 11.8 Å². The number of rotatable bonds is 6. The second-order valence-electron chi connectivity index (χ2n) is 6.13. The van der Waals surface area contributed by atoms with Crippen molar-refractivity contribution >= 4 is 23.2 Å². The summed E-state index contributed by atoms with van der Waals surface area (Å²) in [5, 5.41) is 7.16. The monoisotopic (exact) mass is 321 g/mol. The van der Waals surface area contributed by atoms with Gasteiger partial charge < -0.3 is 10.2 Å². The van der Waals surface area contributed by atoms with Crippen molar-refractivity contribution in [3.63, 3.8) is 0 Å². The molecule has 2 aliphatic rings. The second kappa shape index (κ2) is 7.24. The van der Waals surface area contributed by atoms with Gasteiger partial charge in [-0.2, -0.15) is 11.3 Å². The molecule has 2 fully saturated rings. The molecule has 120 valence electrons. The SMILES string of the molecule is O=C(CN1CCN(C(=O)CCc2ccsc2)CC1)NC1CC1. The third kappa shape index (κ3) is 4.55. The first-order valence-corrected chi connectivity index (χ1v) is 8.95. The Morgan fingerprint density at radius 3 is 2.64 bits per heavy atom. The summed E-state index contributed by atoms with van der Waals surface area (Å²) in [6.45, 7) is 3.52. The lowest BCUT2D eigenvalue weighted by atomic mass is 10.1. The average Bonchev–Trinajstić information content (AvgIpc) is 3.16. The molecular formula is C16H23N3O2S. The van der Waals surface area contributed by atoms with Gasteiger partial charge in [0.05, 0.1) is 6.54 Å². The predicted octanol–water partition coefficient (Wildman–Crippen LogP) is 1.10. The molecule has 1 aliphatic carbocycles. The number of amides is 2. The second-order valence-corrected chi connectivity index (χ2v) is 6.91. The van der Waals surface area contributed by atoms with Crippen LogP contribution in [0.3, 0.4) is 0 Å². The molecule has 3 rings (SSSR count). The summed E-state index contributed by atoms with van der Waals surface area (Å²) < 4.78 is 0. The number of hydrogen-bond acceptors (Lipinski definition) is 4. The van der Waals surface area contributed by atoms with E-state index in [0.717, 1.165) is 45.4 Å². The predicted molar refractivity (Wildman–Crippen MR) is 86.8 cm³/mol. The Morgan fingerprint density at radius 1 is 1.23 bits per heavy atom. The van der Waals surface area contributed by atoms with Gasteiger partial charge in [0.1, 0.15) is 0 Å². The molecule has 1 saturated carbocycles. The molecule has 1 aromatic rings. The summed E-state index contributed by atoms with van der Waals surface area (Å²) in [5.41, 5.74) is 1.24. The molecule has 1 aromatic heterocycles. The number of nitrogens with zero attached hydrogens (tertiary/aromatic N) is 2. The van der Waals surface area contributed by atoms with E-state index in [1.165, 1.54) is 5.56 Å². The van der Waals surface area contributed by atoms with Crippen molar-refractivity contribution in [3.8, 4) is 0 Å². The Balaban J connectivity index is 1.35. The van der Waals surface area contributed by atoms with Crippen LogP contribution in [0.5, 0.6) is 0 Å². The van der Waals surface area contributed by atoms with Crippen LogP contribution in [0, 0.1) is 0 Å². The van der Waals surface area contributed by atoms with Crippen LogP contribution in [0.1, 0.15) is 24.8 Å². The van der Waals surface area contributed by atoms with Crippen molar-refractivity contribution in [1.29, 1.82) is 0 Å². The molecule has 0 spiro atoms. The molecule has 2 heterocycles. The smallest absolute Gasteiger partial charge is 0.234 e. The fourth-order valence-electron chi connectivity index (χ4n) is 2.70. The Bertz CT molecular complexity index is 505. The topological polar surface area (TPSA) is 52.7 Å². The van der Waals surface area contributed by atoms with E-state index in [2.05, 4.69) is 21.7 Å². The number of hydrogen-bond donors (Lipinski definition) is 1. The number of thiophene rings is 1. The maximum absolute atomic E-state index is 12.2. The molecular weight excluding hydrogens is 298 g/mol. The van der Waals surface area contributed by atoms with Gasteiger partial charge in [-0.25, -0.2) is 0 Å². The fraction of sp³-hybridized carbons (Fsp3) is 0.625. The molecule has 0 radical (unpaired) electrons. The van der Waals surface area contributed by atoms with Gasteiger partial charge in [0.15, 0.2) is 0 Å². The van der Waals surface area contributed by atoms with Gasteiger partial charge in [-0.3, -0.25) is 14.5 Å². The number of carbonyl (C=O) groups excluding carboxylic acids is 2. The van der Waals surface area contributed by atoms with Gasteiger partial charge in [0, 0.05) is 38.6 Å². The molecule has 0 aromatic carbocycles. The number of piperazine rings is 1. The highest BCUT2D eigenvalue weighted by molar-refractivity contribution is 7.07. The lowest BCUT2D eigenvalue weighted by Crippen LogP contribution is -2.51. The first kappa shape index (κ1) is 15.5. The zero-order chi connectivity index (χ0) is 15.4. The van der Waals surface area contributed by atoms with Crippen molar-refractivity contribution in [2.45, 2.75) is 31.7 Å². The lowest BCUT2D eigenvalue weighted by Gasteiger charge is -2.34. The summed E-state index contributed by atoms with van der Waals surface area (Å²) in [4.78, 5) is 28.1. The van der Waals surface area contributed by atoms with Crippen LogP contribution in [-0.4, -0.2) is 60.4 Å². The van der Waals surface area contributed by atoms with Crippen LogP contribution < -0.4 is 5.32 Å². The summed E-state index contributed by atoms with van der Waals surface area (Å²) in [6.07, 6.45) is 3.65. The zero-order valence-electron chi connectivity index (χ0n) is 12.8. The highest BCUT2D eigenvalue weighted by Gasteiger charge is 2.26. The highest BCUT2D eigenvalue weighted by Crippen LogP contribution is 2.18. The van der Waals surface area contributed by atoms with E-state index in [9.17, 15) is 9.59 Å². The minimum absolute atomic E-state index is 0.125. The fourth-order valence-corrected chi connectivity index (χ4v) is 3.41. The van der Waals surface area contributed by atoms with Crippen molar-refractivity contribution in [3.05, 3.63) is 22.4 Å². The van der Waals surface area contributed by atoms with Crippen molar-refractivity contribution < 1.29 is 9.59 Å². The molecule has 5 nitrogen and oxygen atoms in total. The molecule has 1 saturated heterocycles. The first-order chi connectivity index (χ1) is 10.7. The van der Waals surface area contributed by atoms with Crippen molar-refractivity contribution in [1.82, 2.24) is 15.1 Å². The Morgan fingerprint density at radius 2 is 2.00 bits per heavy atom. The summed E-state index contributed by atoms with van der Waals surface area (Å²) in [5.74, 6) is 0.355. The van der Waals surface area contributed by atoms with Crippen LogP contribution in [0.4, 0.5) is 0 Å². The van der Waals surface area contributed by atoms with Gasteiger partial charge in [-0.05, 0) is 41.7 Å². The molecule has 22 heavy (non-hydrogen) atoms. The van der Waals surface area contributed by atoms with Gasteiger partial charge in [-0.1, -0.05) is 0 Å². The largest absolute Gasteiger partial charge is 0.352 e. The third-order valence-electron chi connectivity index (χ3n) is 4.24. The number of carbonyl (C=O) groups is 2. The molecule has 2 amide bonds. The number of nitrogens with one attached hydrogen (secondary N) is 1. The molecule has 6 heteroatoms. The van der Waals surface area contributed by atoms with Crippen molar-refractivity contribution in [2.24, 2.45) is 0 Å². The van der Waals surface area contributed by atoms with Crippen molar-refractivity contribution in [2.75, 3.05) is 32.7 Å². The Hall–Kier alpha value is -1.40. The normalized spacial score (nSPS) is 19.2. The first-order valence-electron chi connectivity index (χ1n) is 8.01. The molecule has 0 bridgehead atoms. The van der Waals surface area contributed by atoms with E-state index in [0.29, 0.717) is 19.0 Å². The average molecular weight is 321 g/mol. The maximum Gasteiger partial charge on any atom is 0.234 e.